The van der Waals surface area contributed by atoms with Gasteiger partial charge in [0.15, 0.2) is 23.6 Å². The van der Waals surface area contributed by atoms with Crippen molar-refractivity contribution in [2.24, 2.45) is 5.73 Å². The van der Waals surface area contributed by atoms with Gasteiger partial charge in [0.05, 0.1) is 19.4 Å². The predicted molar refractivity (Wildman–Crippen MR) is 133 cm³/mol. The van der Waals surface area contributed by atoms with Crippen molar-refractivity contribution in [1.82, 2.24) is 34.1 Å². The standard InChI is InChI=1S/C20H16Cl2F3N8O6P.Ca/c21-11-5-3-10(4-6-11)16-30-32(19(35)31(16)8-13(20(23,24)25)39-40(36,37)38)9-14-28-18(15(26)34)33(29-14)17-12(22)2-1-7-27-17;/h1-7,13H,8-9H2,(H2,26,34)(H2,36,37,38);/q;+2/p-2/t13-;/m0./s1. The third kappa shape index (κ3) is 7.94. The third-order valence-electron chi connectivity index (χ3n) is 5.10. The van der Waals surface area contributed by atoms with Gasteiger partial charge >= 0.3 is 49.6 Å². The Hall–Kier alpha value is -2.34. The molecule has 3 aromatic heterocycles. The van der Waals surface area contributed by atoms with Gasteiger partial charge in [0.2, 0.25) is 5.82 Å². The molecular weight excluding hydrogens is 647 g/mol. The number of rotatable bonds is 9. The second-order valence-corrected chi connectivity index (χ2v) is 9.85. The maximum absolute atomic E-state index is 13.6. The topological polar surface area (TPSA) is 199 Å². The first-order chi connectivity index (χ1) is 18.6. The van der Waals surface area contributed by atoms with Gasteiger partial charge in [-0.05, 0) is 36.4 Å². The van der Waals surface area contributed by atoms with Gasteiger partial charge in [-0.2, -0.15) is 17.9 Å². The van der Waals surface area contributed by atoms with Gasteiger partial charge in [-0.3, -0.25) is 9.36 Å². The van der Waals surface area contributed by atoms with E-state index in [2.05, 4.69) is 24.7 Å². The fourth-order valence-corrected chi connectivity index (χ4v) is 4.26. The Bertz CT molecular complexity index is 1670. The molecule has 0 saturated carbocycles. The van der Waals surface area contributed by atoms with E-state index in [4.69, 9.17) is 28.9 Å². The molecule has 0 radical (unpaired) electrons. The molecule has 4 rings (SSSR count). The Morgan fingerprint density at radius 1 is 1.15 bits per heavy atom. The zero-order chi connectivity index (χ0) is 29.4. The van der Waals surface area contributed by atoms with Gasteiger partial charge in [0, 0.05) is 16.8 Å². The van der Waals surface area contributed by atoms with E-state index < -0.39 is 50.6 Å². The number of nitrogens with zero attached hydrogens (tertiary/aromatic N) is 7. The van der Waals surface area contributed by atoms with Crippen LogP contribution in [0.2, 0.25) is 10.0 Å². The first-order valence-electron chi connectivity index (χ1n) is 10.7. The number of phosphoric acid groups is 1. The number of halogens is 5. The number of carbonyl (C=O) groups is 1. The molecule has 4 aromatic rings. The average molecular weight is 661 g/mol. The second-order valence-electron chi connectivity index (χ2n) is 7.90. The number of hydrogen-bond donors (Lipinski definition) is 1. The molecule has 0 aliphatic rings. The van der Waals surface area contributed by atoms with Gasteiger partial charge in [-0.1, -0.05) is 23.2 Å². The predicted octanol–water partition coefficient (Wildman–Crippen LogP) is 0.537. The summed E-state index contributed by atoms with van der Waals surface area (Å²) < 4.78 is 57.4. The summed E-state index contributed by atoms with van der Waals surface area (Å²) >= 11 is 12.0. The van der Waals surface area contributed by atoms with Crippen molar-refractivity contribution in [2.75, 3.05) is 0 Å². The summed E-state index contributed by atoms with van der Waals surface area (Å²) in [6.45, 7) is -2.05. The Kier molecular flexibility index (Phi) is 10.4. The van der Waals surface area contributed by atoms with Crippen LogP contribution in [0.1, 0.15) is 16.4 Å². The Labute approximate surface area is 267 Å². The van der Waals surface area contributed by atoms with Crippen LogP contribution in [0, 0.1) is 0 Å². The molecule has 1 aromatic carbocycles. The molecule has 0 fully saturated rings. The van der Waals surface area contributed by atoms with Crippen LogP contribution in [0.5, 0.6) is 0 Å². The summed E-state index contributed by atoms with van der Waals surface area (Å²) in [5.41, 5.74) is 4.28. The summed E-state index contributed by atoms with van der Waals surface area (Å²) in [6, 6.07) is 8.36. The quantitative estimate of drug-likeness (QED) is 0.195. The number of primary amides is 1. The van der Waals surface area contributed by atoms with Crippen LogP contribution in [0.4, 0.5) is 13.2 Å². The van der Waals surface area contributed by atoms with Gasteiger partial charge in [0.25, 0.3) is 5.91 Å². The Morgan fingerprint density at radius 2 is 1.80 bits per heavy atom. The fraction of sp³-hybridized carbons (Fsp3) is 0.200. The Morgan fingerprint density at radius 3 is 2.37 bits per heavy atom. The van der Waals surface area contributed by atoms with Gasteiger partial charge in [0.1, 0.15) is 6.54 Å². The van der Waals surface area contributed by atoms with Crippen LogP contribution >= 0.6 is 31.0 Å². The minimum atomic E-state index is -6.12. The number of pyridine rings is 1. The first kappa shape index (κ1) is 33.2. The van der Waals surface area contributed by atoms with Crippen LogP contribution in [0.25, 0.3) is 17.2 Å². The number of alkyl halides is 3. The van der Waals surface area contributed by atoms with E-state index in [9.17, 15) is 37.1 Å². The zero-order valence-corrected chi connectivity index (χ0v) is 24.8. The molecule has 1 amide bonds. The normalized spacial score (nSPS) is 12.7. The number of hydrogen-bond acceptors (Lipinski definition) is 10. The van der Waals surface area contributed by atoms with E-state index in [0.29, 0.717) is 9.25 Å². The van der Waals surface area contributed by atoms with Gasteiger partial charge < -0.3 is 24.6 Å². The van der Waals surface area contributed by atoms with E-state index >= 15 is 0 Å². The van der Waals surface area contributed by atoms with Crippen molar-refractivity contribution in [3.05, 3.63) is 74.8 Å². The average Bonchev–Trinajstić information content (AvgIpc) is 3.40. The van der Waals surface area contributed by atoms with Crippen molar-refractivity contribution >= 4 is 74.7 Å². The molecule has 0 bridgehead atoms. The molecule has 0 aliphatic carbocycles. The molecule has 0 aliphatic heterocycles. The minimum Gasteiger partial charge on any atom is -0.790 e. The van der Waals surface area contributed by atoms with Crippen molar-refractivity contribution in [1.29, 1.82) is 0 Å². The van der Waals surface area contributed by atoms with E-state index in [1.54, 1.807) is 0 Å². The zero-order valence-electron chi connectivity index (χ0n) is 20.2. The smallest absolute Gasteiger partial charge is 0.790 e. The molecule has 0 saturated heterocycles. The third-order valence-corrected chi connectivity index (χ3v) is 6.16. The van der Waals surface area contributed by atoms with Crippen LogP contribution in [0.3, 0.4) is 0 Å². The molecule has 0 spiro atoms. The molecule has 41 heavy (non-hydrogen) atoms. The van der Waals surface area contributed by atoms with Gasteiger partial charge in [-0.15, -0.1) is 10.2 Å². The molecule has 21 heteroatoms. The maximum atomic E-state index is 13.6. The van der Waals surface area contributed by atoms with Gasteiger partial charge in [-0.25, -0.2) is 19.4 Å². The monoisotopic (exact) mass is 660 g/mol. The van der Waals surface area contributed by atoms with Crippen LogP contribution in [-0.4, -0.2) is 90.0 Å². The second kappa shape index (κ2) is 12.9. The van der Waals surface area contributed by atoms with Crippen molar-refractivity contribution in [2.45, 2.75) is 25.4 Å². The SMILES string of the molecule is NC(=O)c1nc(Cn2nc(-c3ccc(Cl)cc3)n(C[C@H](OP(=O)([O-])[O-])C(F)(F)F)c2=O)nn1-c1ncccc1Cl.[Ca+2]. The van der Waals surface area contributed by atoms with E-state index in [1.165, 1.54) is 42.6 Å². The fourth-order valence-electron chi connectivity index (χ4n) is 3.44. The summed E-state index contributed by atoms with van der Waals surface area (Å²) in [6.07, 6.45) is -7.22. The van der Waals surface area contributed by atoms with Crippen LogP contribution in [-0.2, 0) is 22.2 Å². The number of nitrogens with two attached hydrogens (primary N) is 1. The summed E-state index contributed by atoms with van der Waals surface area (Å²) in [5.74, 6) is -2.09. The maximum Gasteiger partial charge on any atom is 2.00 e. The number of aromatic nitrogens is 7. The van der Waals surface area contributed by atoms with Crippen molar-refractivity contribution in [3.63, 3.8) is 0 Å². The molecular formula is C20H14CaCl2F3N8O6P. The molecule has 3 heterocycles. The van der Waals surface area contributed by atoms with Crippen LogP contribution in [0.15, 0.2) is 47.4 Å². The molecule has 0 unspecified atom stereocenters. The molecule has 2 N–H and O–H groups in total. The molecule has 1 atom stereocenters. The number of amides is 1. The number of carbonyl (C=O) groups excluding carboxylic acids is 1. The number of benzene rings is 1. The first-order valence-corrected chi connectivity index (χ1v) is 12.9. The van der Waals surface area contributed by atoms with Crippen molar-refractivity contribution < 1.29 is 36.8 Å². The molecule has 212 valence electrons. The summed E-state index contributed by atoms with van der Waals surface area (Å²) in [5, 5.41) is 8.45. The molecule has 14 nitrogen and oxygen atoms in total. The minimum absolute atomic E-state index is 0. The Balaban J connectivity index is 0.00000462. The van der Waals surface area contributed by atoms with E-state index in [1.807, 2.05) is 0 Å². The number of phosphoric ester groups is 1. The summed E-state index contributed by atoms with van der Waals surface area (Å²) in [4.78, 5) is 55.1. The summed E-state index contributed by atoms with van der Waals surface area (Å²) in [7, 11) is -6.12. The van der Waals surface area contributed by atoms with Crippen LogP contribution < -0.4 is 21.2 Å². The van der Waals surface area contributed by atoms with Crippen molar-refractivity contribution in [3.8, 4) is 17.2 Å². The largest absolute Gasteiger partial charge is 2.00 e. The van der Waals surface area contributed by atoms with E-state index in [-0.39, 0.29) is 70.8 Å². The van der Waals surface area contributed by atoms with E-state index in [0.717, 1.165) is 4.68 Å².